The Morgan fingerprint density at radius 3 is 2.28 bits per heavy atom. The zero-order chi connectivity index (χ0) is 29.2. The Labute approximate surface area is 231 Å². The Kier molecular flexibility index (Phi) is 11.7. The molecule has 2 heterocycles. The van der Waals surface area contributed by atoms with Gasteiger partial charge in [0.15, 0.2) is 0 Å². The Morgan fingerprint density at radius 2 is 1.85 bits per heavy atom. The van der Waals surface area contributed by atoms with Crippen LogP contribution in [0.2, 0.25) is 0 Å². The maximum atomic E-state index is 12.9. The third-order valence-electron chi connectivity index (χ3n) is 6.85. The molecular formula is C31H40F3N5. The molecule has 2 aliphatic heterocycles. The molecule has 1 fully saturated rings. The molecule has 0 amide bonds. The lowest BCUT2D eigenvalue weighted by Gasteiger charge is -2.18. The molecule has 8 heteroatoms. The first-order chi connectivity index (χ1) is 18.4. The fourth-order valence-electron chi connectivity index (χ4n) is 4.39. The van der Waals surface area contributed by atoms with E-state index < -0.39 is 11.7 Å². The van der Waals surface area contributed by atoms with Crippen LogP contribution in [0.4, 0.5) is 13.2 Å². The number of likely N-dealkylation sites (tertiary alicyclic amines) is 1. The number of nitriles is 1. The maximum Gasteiger partial charge on any atom is 0.416 e. The van der Waals surface area contributed by atoms with Gasteiger partial charge in [0.25, 0.3) is 0 Å². The van der Waals surface area contributed by atoms with Crippen LogP contribution in [0.1, 0.15) is 37.8 Å². The quantitative estimate of drug-likeness (QED) is 0.208. The summed E-state index contributed by atoms with van der Waals surface area (Å²) in [6.07, 6.45) is 1.86. The standard InChI is InChI=1S/C25H27F3N4.C6H13N/c1-6-30-24-16-32(7-2)15-23(24)22(13-29)21(18(5)31-14-17(3)4)12-19-8-10-20(11-9-19)25(26,27)28;1-6-4-3-5-7(6)2/h6-11,30-31H,1-3,5,12,14-16H2,4H3;6H,3-5H2,1-2H3/b22-21+;. The third-order valence-corrected chi connectivity index (χ3v) is 6.85. The van der Waals surface area contributed by atoms with E-state index >= 15 is 0 Å². The van der Waals surface area contributed by atoms with Crippen molar-refractivity contribution in [3.8, 4) is 6.07 Å². The van der Waals surface area contributed by atoms with Crippen LogP contribution >= 0.6 is 0 Å². The molecule has 1 unspecified atom stereocenters. The predicted molar refractivity (Wildman–Crippen MR) is 153 cm³/mol. The molecular weight excluding hydrogens is 499 g/mol. The molecule has 5 nitrogen and oxygen atoms in total. The number of hydrogen-bond acceptors (Lipinski definition) is 5. The van der Waals surface area contributed by atoms with Gasteiger partial charge in [-0.15, -0.1) is 0 Å². The van der Waals surface area contributed by atoms with E-state index in [4.69, 9.17) is 0 Å². The molecule has 1 aromatic rings. The van der Waals surface area contributed by atoms with Crippen molar-refractivity contribution in [1.29, 1.82) is 5.26 Å². The summed E-state index contributed by atoms with van der Waals surface area (Å²) in [6.45, 7) is 22.4. The third kappa shape index (κ3) is 9.22. The summed E-state index contributed by atoms with van der Waals surface area (Å²) < 4.78 is 38.8. The summed E-state index contributed by atoms with van der Waals surface area (Å²) >= 11 is 0. The van der Waals surface area contributed by atoms with Crippen molar-refractivity contribution in [2.45, 2.75) is 45.3 Å². The van der Waals surface area contributed by atoms with Gasteiger partial charge < -0.3 is 20.4 Å². The fraction of sp³-hybridized carbons (Fsp3) is 0.387. The molecule has 39 heavy (non-hydrogen) atoms. The molecule has 0 saturated carbocycles. The van der Waals surface area contributed by atoms with E-state index in [0.717, 1.165) is 35.0 Å². The number of benzene rings is 1. The van der Waals surface area contributed by atoms with Crippen LogP contribution in [0.25, 0.3) is 0 Å². The minimum Gasteiger partial charge on any atom is -0.382 e. The number of allylic oxidation sites excluding steroid dienone is 1. The highest BCUT2D eigenvalue weighted by molar-refractivity contribution is 5.56. The van der Waals surface area contributed by atoms with E-state index in [1.807, 2.05) is 11.8 Å². The van der Waals surface area contributed by atoms with E-state index in [2.05, 4.69) is 61.9 Å². The Morgan fingerprint density at radius 1 is 1.18 bits per heavy atom. The highest BCUT2D eigenvalue weighted by atomic mass is 19.4. The molecule has 0 aromatic heterocycles. The molecule has 0 bridgehead atoms. The minimum absolute atomic E-state index is 0.238. The minimum atomic E-state index is -4.41. The molecule has 210 valence electrons. The van der Waals surface area contributed by atoms with Crippen molar-refractivity contribution in [2.24, 2.45) is 0 Å². The largest absolute Gasteiger partial charge is 0.416 e. The van der Waals surface area contributed by atoms with Crippen LogP contribution in [0, 0.1) is 11.3 Å². The number of nitrogens with one attached hydrogen (secondary N) is 2. The van der Waals surface area contributed by atoms with Gasteiger partial charge in [-0.1, -0.05) is 44.0 Å². The number of nitrogens with zero attached hydrogens (tertiary/aromatic N) is 3. The van der Waals surface area contributed by atoms with Crippen molar-refractivity contribution in [3.63, 3.8) is 0 Å². The van der Waals surface area contributed by atoms with Crippen LogP contribution in [0.5, 0.6) is 0 Å². The topological polar surface area (TPSA) is 54.3 Å². The maximum absolute atomic E-state index is 12.9. The van der Waals surface area contributed by atoms with Gasteiger partial charge in [0, 0.05) is 42.5 Å². The average Bonchev–Trinajstić information content (AvgIpc) is 3.47. The SMILES string of the molecule is C=CNC1=C(/C(C#N)=C(\Cc2ccc(C(F)(F)F)cc2)C(=C)NCC(=C)C)CN(C=C)C1.CC1CCCN1C. The van der Waals surface area contributed by atoms with Gasteiger partial charge in [0.05, 0.1) is 23.8 Å². The Bertz CT molecular complexity index is 1140. The molecule has 3 rings (SSSR count). The first kappa shape index (κ1) is 31.5. The van der Waals surface area contributed by atoms with Gasteiger partial charge in [-0.05, 0) is 76.0 Å². The normalized spacial score (nSPS) is 18.0. The summed E-state index contributed by atoms with van der Waals surface area (Å²) in [4.78, 5) is 4.35. The van der Waals surface area contributed by atoms with Gasteiger partial charge >= 0.3 is 6.18 Å². The Balaban J connectivity index is 0.000000658. The van der Waals surface area contributed by atoms with E-state index in [0.29, 0.717) is 42.0 Å². The smallest absolute Gasteiger partial charge is 0.382 e. The van der Waals surface area contributed by atoms with E-state index in [1.165, 1.54) is 31.5 Å². The zero-order valence-corrected chi connectivity index (χ0v) is 23.3. The first-order valence-electron chi connectivity index (χ1n) is 12.9. The van der Waals surface area contributed by atoms with Crippen molar-refractivity contribution in [2.75, 3.05) is 33.2 Å². The summed E-state index contributed by atoms with van der Waals surface area (Å²) in [7, 11) is 2.19. The molecule has 0 aliphatic carbocycles. The number of alkyl halides is 3. The van der Waals surface area contributed by atoms with Gasteiger partial charge in [-0.25, -0.2) is 0 Å². The van der Waals surface area contributed by atoms with Crippen LogP contribution in [0.15, 0.2) is 96.7 Å². The lowest BCUT2D eigenvalue weighted by Crippen LogP contribution is -2.20. The molecule has 1 aromatic carbocycles. The van der Waals surface area contributed by atoms with Crippen LogP contribution in [-0.4, -0.2) is 49.1 Å². The fourth-order valence-corrected chi connectivity index (χ4v) is 4.39. The van der Waals surface area contributed by atoms with Gasteiger partial charge in [-0.3, -0.25) is 0 Å². The Hall–Kier alpha value is -3.70. The predicted octanol–water partition coefficient (Wildman–Crippen LogP) is 6.29. The van der Waals surface area contributed by atoms with Crippen LogP contribution < -0.4 is 10.6 Å². The second kappa shape index (κ2) is 14.5. The van der Waals surface area contributed by atoms with Crippen molar-refractivity contribution >= 4 is 0 Å². The van der Waals surface area contributed by atoms with E-state index in [9.17, 15) is 18.4 Å². The number of hydrogen-bond donors (Lipinski definition) is 2. The van der Waals surface area contributed by atoms with Crippen molar-refractivity contribution in [1.82, 2.24) is 20.4 Å². The molecule has 0 spiro atoms. The molecule has 2 aliphatic rings. The summed E-state index contributed by atoms with van der Waals surface area (Å²) in [5.74, 6) is 0. The average molecular weight is 540 g/mol. The summed E-state index contributed by atoms with van der Waals surface area (Å²) in [6, 6.07) is 8.06. The van der Waals surface area contributed by atoms with Gasteiger partial charge in [-0.2, -0.15) is 18.4 Å². The van der Waals surface area contributed by atoms with Crippen molar-refractivity contribution < 1.29 is 13.2 Å². The number of halogens is 3. The number of rotatable bonds is 10. The van der Waals surface area contributed by atoms with Crippen molar-refractivity contribution in [3.05, 3.63) is 108 Å². The van der Waals surface area contributed by atoms with Crippen LogP contribution in [-0.2, 0) is 12.6 Å². The molecule has 1 atom stereocenters. The highest BCUT2D eigenvalue weighted by Crippen LogP contribution is 2.31. The van der Waals surface area contributed by atoms with Crippen LogP contribution in [0.3, 0.4) is 0 Å². The molecule has 1 saturated heterocycles. The summed E-state index contributed by atoms with van der Waals surface area (Å²) in [5, 5.41) is 16.3. The van der Waals surface area contributed by atoms with Gasteiger partial charge in [0.2, 0.25) is 0 Å². The first-order valence-corrected chi connectivity index (χ1v) is 12.9. The lowest BCUT2D eigenvalue weighted by atomic mass is 9.92. The molecule has 2 N–H and O–H groups in total. The monoisotopic (exact) mass is 539 g/mol. The van der Waals surface area contributed by atoms with Gasteiger partial charge in [0.1, 0.15) is 0 Å². The second-order valence-corrected chi connectivity index (χ2v) is 9.99. The molecule has 0 radical (unpaired) electrons. The summed E-state index contributed by atoms with van der Waals surface area (Å²) in [5.41, 5.74) is 3.93. The zero-order valence-electron chi connectivity index (χ0n) is 23.3. The highest BCUT2D eigenvalue weighted by Gasteiger charge is 2.30. The second-order valence-electron chi connectivity index (χ2n) is 9.99. The lowest BCUT2D eigenvalue weighted by molar-refractivity contribution is -0.137. The van der Waals surface area contributed by atoms with E-state index in [-0.39, 0.29) is 6.42 Å². The van der Waals surface area contributed by atoms with E-state index in [1.54, 1.807) is 12.4 Å².